The third kappa shape index (κ3) is 573. The molecule has 0 fully saturated rings. The van der Waals surface area contributed by atoms with E-state index in [9.17, 15) is 0 Å². The highest BCUT2D eigenvalue weighted by atomic mass is 17.2. The molecule has 0 aliphatic heterocycles. The first-order valence-electron chi connectivity index (χ1n) is 1.47. The first-order valence-corrected chi connectivity index (χ1v) is 1.47. The van der Waals surface area contributed by atoms with Crippen molar-refractivity contribution in [2.45, 2.75) is 0 Å². The maximum atomic E-state index is 7.88. The van der Waals surface area contributed by atoms with E-state index in [0.717, 1.165) is 0 Å². The minimum absolute atomic E-state index is 0.125. The Kier molecular flexibility index (Phi) is 25.3. The molecule has 0 rings (SSSR count). The average molecular weight is 110 g/mol. The van der Waals surface area contributed by atoms with Gasteiger partial charge in [0.25, 0.3) is 0 Å². The Labute approximate surface area is 39.7 Å². The molecule has 0 aromatic rings. The van der Waals surface area contributed by atoms with Crippen LogP contribution in [0, 0.1) is 9.71 Å². The van der Waals surface area contributed by atoms with E-state index < -0.39 is 0 Å². The molecular weight excluding hydrogens is 104 g/mol. The monoisotopic (exact) mass is 110 g/mol. The van der Waals surface area contributed by atoms with Crippen molar-refractivity contribution in [1.29, 1.82) is 0 Å². The quantitative estimate of drug-likeness (QED) is 0.228. The largest absolute Gasteiger partial charge is 0.394 e. The van der Waals surface area contributed by atoms with Crippen molar-refractivity contribution in [3.8, 4) is 0 Å². The Bertz CT molecular complexity index is 25.3. The van der Waals surface area contributed by atoms with Crippen LogP contribution in [0.5, 0.6) is 0 Å². The smallest absolute Gasteiger partial charge is 0.154 e. The second kappa shape index (κ2) is 18.4. The highest BCUT2D eigenvalue weighted by Crippen LogP contribution is 1.39. The summed E-state index contributed by atoms with van der Waals surface area (Å²) in [5.41, 5.74) is 0. The van der Waals surface area contributed by atoms with Crippen LogP contribution >= 0.6 is 0 Å². The summed E-state index contributed by atoms with van der Waals surface area (Å²) in [6.07, 6.45) is 0. The Morgan fingerprint density at radius 3 is 1.57 bits per heavy atom. The SMILES string of the molecule is O=[O+][O-].OCCO. The van der Waals surface area contributed by atoms with Gasteiger partial charge in [-0.2, -0.15) is 0 Å². The Balaban J connectivity index is 0. The van der Waals surface area contributed by atoms with Gasteiger partial charge in [0, 0.05) is 0 Å². The van der Waals surface area contributed by atoms with Crippen LogP contribution in [-0.4, -0.2) is 23.4 Å². The summed E-state index contributed by atoms with van der Waals surface area (Å²) < 4.78 is 1.75. The van der Waals surface area contributed by atoms with Gasteiger partial charge in [-0.15, -0.1) is 0 Å². The van der Waals surface area contributed by atoms with Crippen LogP contribution in [0.3, 0.4) is 0 Å². The lowest BCUT2D eigenvalue weighted by Crippen LogP contribution is -1.85. The van der Waals surface area contributed by atoms with Gasteiger partial charge in [-0.25, -0.2) is 0 Å². The van der Waals surface area contributed by atoms with E-state index in [4.69, 9.17) is 20.4 Å². The number of hydrogen-bond donors (Lipinski definition) is 2. The molecule has 44 valence electrons. The Morgan fingerprint density at radius 1 is 1.43 bits per heavy atom. The molecule has 0 aliphatic carbocycles. The number of hydrogen-bond acceptors (Lipinski definition) is 4. The molecule has 0 unspecified atom stereocenters. The topological polar surface area (TPSA) is 91.9 Å². The fraction of sp³-hybridized carbons (Fsp3) is 1.00. The number of rotatable bonds is 1. The molecule has 5 heteroatoms. The highest BCUT2D eigenvalue weighted by molar-refractivity contribution is 4.20. The van der Waals surface area contributed by atoms with Crippen LogP contribution in [0.4, 0.5) is 0 Å². The molecule has 0 saturated heterocycles. The lowest BCUT2D eigenvalue weighted by Gasteiger charge is -1.70. The molecule has 0 aromatic heterocycles. The fourth-order valence-corrected chi connectivity index (χ4v) is 0. The molecule has 0 aromatic carbocycles. The minimum Gasteiger partial charge on any atom is -0.394 e. The number of aliphatic hydroxyl groups is 2. The van der Waals surface area contributed by atoms with Crippen molar-refractivity contribution in [3.63, 3.8) is 0 Å². The van der Waals surface area contributed by atoms with Crippen LogP contribution in [0.25, 0.3) is 0 Å². The highest BCUT2D eigenvalue weighted by Gasteiger charge is 1.58. The molecule has 0 aliphatic rings. The Hall–Kier alpha value is -0.680. The van der Waals surface area contributed by atoms with Crippen LogP contribution in [0.1, 0.15) is 0 Å². The lowest BCUT2D eigenvalue weighted by molar-refractivity contribution is -0.284. The van der Waals surface area contributed by atoms with E-state index in [-0.39, 0.29) is 13.2 Å². The molecule has 0 amide bonds. The molecule has 0 saturated carbocycles. The molecule has 0 radical (unpaired) electrons. The molecule has 0 heterocycles. The standard InChI is InChI=1S/C2H6O2.O3/c3-1-2-4;1-3-2/h3-4H,1-2H2;. The van der Waals surface area contributed by atoms with Crippen molar-refractivity contribution in [2.24, 2.45) is 0 Å². The van der Waals surface area contributed by atoms with E-state index >= 15 is 0 Å². The zero-order chi connectivity index (χ0) is 6.12. The summed E-state index contributed by atoms with van der Waals surface area (Å²) in [7, 11) is 0. The van der Waals surface area contributed by atoms with Gasteiger partial charge in [-0.1, -0.05) is 10.2 Å². The van der Waals surface area contributed by atoms with Crippen molar-refractivity contribution in [2.75, 3.05) is 13.2 Å². The lowest BCUT2D eigenvalue weighted by atomic mass is 10.8. The van der Waals surface area contributed by atoms with E-state index in [1.165, 1.54) is 0 Å². The van der Waals surface area contributed by atoms with Crippen LogP contribution in [0.15, 0.2) is 0 Å². The van der Waals surface area contributed by atoms with Gasteiger partial charge in [-0.05, 0) is 0 Å². The summed E-state index contributed by atoms with van der Waals surface area (Å²) in [4.78, 5) is 7.88. The summed E-state index contributed by atoms with van der Waals surface area (Å²) in [5.74, 6) is 0. The first-order chi connectivity index (χ1) is 3.33. The van der Waals surface area contributed by atoms with Gasteiger partial charge in [0.05, 0.1) is 13.2 Å². The van der Waals surface area contributed by atoms with Gasteiger partial charge in [0.15, 0.2) is 4.75 Å². The number of aliphatic hydroxyl groups excluding tert-OH is 2. The summed E-state index contributed by atoms with van der Waals surface area (Å²) in [6.45, 7) is -0.250. The van der Waals surface area contributed by atoms with Crippen LogP contribution in [-0.2, 0) is 0 Å². The predicted molar refractivity (Wildman–Crippen MR) is 20.9 cm³/mol. The van der Waals surface area contributed by atoms with Crippen LogP contribution < -0.4 is 5.26 Å². The van der Waals surface area contributed by atoms with Crippen LogP contribution in [0.2, 0.25) is 0 Å². The second-order valence-electron chi connectivity index (χ2n) is 0.515. The zero-order valence-electron chi connectivity index (χ0n) is 3.53. The minimum atomic E-state index is -0.125. The maximum Gasteiger partial charge on any atom is 0.154 e. The van der Waals surface area contributed by atoms with Crippen molar-refractivity contribution >= 4 is 0 Å². The van der Waals surface area contributed by atoms with Crippen molar-refractivity contribution < 1.29 is 15.5 Å². The van der Waals surface area contributed by atoms with Gasteiger partial charge < -0.3 is 10.2 Å². The average Bonchev–Trinajstić information content (AvgIpc) is 1.69. The molecule has 0 spiro atoms. The molecule has 0 atom stereocenters. The molecule has 5 nitrogen and oxygen atoms in total. The Morgan fingerprint density at radius 2 is 1.57 bits per heavy atom. The van der Waals surface area contributed by atoms with Gasteiger partial charge in [0.2, 0.25) is 0 Å². The predicted octanol–water partition coefficient (Wildman–Crippen LogP) is -2.15. The van der Waals surface area contributed by atoms with Gasteiger partial charge >= 0.3 is 0 Å². The first kappa shape index (κ1) is 9.58. The normalized spacial score (nSPS) is 6.00. The third-order valence-electron chi connectivity index (χ3n) is 0.1000. The summed E-state index contributed by atoms with van der Waals surface area (Å²) in [5, 5.41) is 23.1. The van der Waals surface area contributed by atoms with Crippen molar-refractivity contribution in [3.05, 3.63) is 9.71 Å². The molecule has 7 heavy (non-hydrogen) atoms. The van der Waals surface area contributed by atoms with E-state index in [0.29, 0.717) is 0 Å². The second-order valence-corrected chi connectivity index (χ2v) is 0.515. The zero-order valence-corrected chi connectivity index (χ0v) is 3.53. The third-order valence-corrected chi connectivity index (χ3v) is 0.1000. The van der Waals surface area contributed by atoms with Gasteiger partial charge in [-0.3, -0.25) is 0 Å². The van der Waals surface area contributed by atoms with Crippen molar-refractivity contribution in [1.82, 2.24) is 0 Å². The van der Waals surface area contributed by atoms with Gasteiger partial charge in [0.1, 0.15) is 0 Å². The molecule has 2 N–H and O–H groups in total. The molecule has 0 bridgehead atoms. The molecular formula is C2H6O5. The maximum absolute atomic E-state index is 7.88. The van der Waals surface area contributed by atoms with E-state index in [2.05, 4.69) is 0 Å². The summed E-state index contributed by atoms with van der Waals surface area (Å²) >= 11 is 0. The van der Waals surface area contributed by atoms with E-state index in [1.54, 1.807) is 4.75 Å². The fourth-order valence-electron chi connectivity index (χ4n) is 0. The summed E-state index contributed by atoms with van der Waals surface area (Å²) in [6, 6.07) is 0. The van der Waals surface area contributed by atoms with E-state index in [1.807, 2.05) is 0 Å².